The van der Waals surface area contributed by atoms with E-state index >= 15 is 0 Å². The summed E-state index contributed by atoms with van der Waals surface area (Å²) in [6, 6.07) is 12.0. The van der Waals surface area contributed by atoms with E-state index in [1.165, 1.54) is 6.33 Å². The summed E-state index contributed by atoms with van der Waals surface area (Å²) in [5.74, 6) is 0.265. The van der Waals surface area contributed by atoms with Crippen molar-refractivity contribution in [1.82, 2.24) is 20.1 Å². The number of benzene rings is 1. The van der Waals surface area contributed by atoms with Crippen molar-refractivity contribution < 1.29 is 4.79 Å². The van der Waals surface area contributed by atoms with Gasteiger partial charge in [-0.15, -0.1) is 0 Å². The van der Waals surface area contributed by atoms with Gasteiger partial charge in [-0.1, -0.05) is 30.3 Å². The Kier molecular flexibility index (Phi) is 4.15. The average molecular weight is 295 g/mol. The molecule has 0 spiro atoms. The van der Waals surface area contributed by atoms with E-state index < -0.39 is 0 Å². The Morgan fingerprint density at radius 1 is 1.45 bits per heavy atom. The summed E-state index contributed by atoms with van der Waals surface area (Å²) in [5.41, 5.74) is 0.967. The van der Waals surface area contributed by atoms with Gasteiger partial charge in [-0.05, 0) is 18.4 Å². The van der Waals surface area contributed by atoms with Crippen molar-refractivity contribution in [2.75, 3.05) is 6.54 Å². The molecule has 2 unspecified atom stereocenters. The van der Waals surface area contributed by atoms with E-state index in [2.05, 4.69) is 21.3 Å². The maximum atomic E-state index is 12.5. The second kappa shape index (κ2) is 6.39. The van der Waals surface area contributed by atoms with Crippen molar-refractivity contribution in [2.24, 2.45) is 0 Å². The molecule has 0 aliphatic carbocycles. The second-order valence-electron chi connectivity index (χ2n) is 5.42. The molecular weight excluding hydrogens is 278 g/mol. The van der Waals surface area contributed by atoms with Crippen molar-refractivity contribution in [3.63, 3.8) is 0 Å². The zero-order chi connectivity index (χ0) is 15.4. The van der Waals surface area contributed by atoms with Crippen LogP contribution in [-0.4, -0.2) is 38.6 Å². The Morgan fingerprint density at radius 2 is 2.27 bits per heavy atom. The number of nitrogens with one attached hydrogen (secondary N) is 1. The van der Waals surface area contributed by atoms with Gasteiger partial charge in [0.25, 0.3) is 0 Å². The van der Waals surface area contributed by atoms with Crippen molar-refractivity contribution in [1.29, 1.82) is 5.26 Å². The standard InChI is InChI=1S/C16H17N5O/c17-10-13(12-5-2-1-3-6-12)14-7-4-8-21(14)16(22)9-15-18-11-19-20-15/h1-3,5-6,11,13-14H,4,7-9H2,(H,18,19,20). The minimum atomic E-state index is -0.289. The summed E-state index contributed by atoms with van der Waals surface area (Å²) in [4.78, 5) is 18.3. The van der Waals surface area contributed by atoms with Gasteiger partial charge in [0.05, 0.1) is 24.4 Å². The topological polar surface area (TPSA) is 85.7 Å². The SMILES string of the molecule is N#CC(c1ccccc1)C1CCCN1C(=O)Cc1ncn[nH]1. The molecule has 22 heavy (non-hydrogen) atoms. The molecule has 2 atom stereocenters. The fourth-order valence-corrected chi connectivity index (χ4v) is 3.05. The lowest BCUT2D eigenvalue weighted by Gasteiger charge is -2.28. The third-order valence-corrected chi connectivity index (χ3v) is 4.09. The molecule has 2 heterocycles. The third-order valence-electron chi connectivity index (χ3n) is 4.09. The number of aromatic nitrogens is 3. The van der Waals surface area contributed by atoms with E-state index in [0.29, 0.717) is 12.4 Å². The Morgan fingerprint density at radius 3 is 2.95 bits per heavy atom. The molecule has 1 aromatic carbocycles. The molecule has 1 aliphatic rings. The van der Waals surface area contributed by atoms with Gasteiger partial charge in [0.2, 0.25) is 5.91 Å². The van der Waals surface area contributed by atoms with Gasteiger partial charge < -0.3 is 4.90 Å². The Labute approximate surface area is 128 Å². The first-order valence-electron chi connectivity index (χ1n) is 7.38. The van der Waals surface area contributed by atoms with Crippen LogP contribution < -0.4 is 0 Å². The van der Waals surface area contributed by atoms with E-state index in [4.69, 9.17) is 0 Å². The van der Waals surface area contributed by atoms with Crippen LogP contribution in [0.4, 0.5) is 0 Å². The minimum Gasteiger partial charge on any atom is -0.338 e. The Bertz CT molecular complexity index is 662. The molecule has 1 saturated heterocycles. The normalized spacial score (nSPS) is 18.9. The summed E-state index contributed by atoms with van der Waals surface area (Å²) in [6.07, 6.45) is 3.38. The van der Waals surface area contributed by atoms with E-state index in [1.807, 2.05) is 35.2 Å². The molecule has 0 saturated carbocycles. The highest BCUT2D eigenvalue weighted by atomic mass is 16.2. The molecule has 6 nitrogen and oxygen atoms in total. The van der Waals surface area contributed by atoms with Crippen LogP contribution in [-0.2, 0) is 11.2 Å². The van der Waals surface area contributed by atoms with Crippen LogP contribution in [0.3, 0.4) is 0 Å². The molecule has 0 radical (unpaired) electrons. The van der Waals surface area contributed by atoms with Crippen molar-refractivity contribution in [3.8, 4) is 6.07 Å². The van der Waals surface area contributed by atoms with Crippen LogP contribution in [0.2, 0.25) is 0 Å². The van der Waals surface area contributed by atoms with Gasteiger partial charge in [0.15, 0.2) is 0 Å². The van der Waals surface area contributed by atoms with Gasteiger partial charge in [-0.25, -0.2) is 4.98 Å². The highest BCUT2D eigenvalue weighted by Crippen LogP contribution is 2.31. The molecular formula is C16H17N5O. The lowest BCUT2D eigenvalue weighted by molar-refractivity contribution is -0.131. The van der Waals surface area contributed by atoms with E-state index in [-0.39, 0.29) is 24.3 Å². The molecule has 3 rings (SSSR count). The number of carbonyl (C=O) groups is 1. The average Bonchev–Trinajstić information content (AvgIpc) is 3.21. The highest BCUT2D eigenvalue weighted by molar-refractivity contribution is 5.78. The number of likely N-dealkylation sites (tertiary alicyclic amines) is 1. The highest BCUT2D eigenvalue weighted by Gasteiger charge is 2.35. The van der Waals surface area contributed by atoms with E-state index in [0.717, 1.165) is 18.4 Å². The summed E-state index contributed by atoms with van der Waals surface area (Å²) in [6.45, 7) is 0.697. The van der Waals surface area contributed by atoms with Crippen molar-refractivity contribution in [2.45, 2.75) is 31.2 Å². The predicted molar refractivity (Wildman–Crippen MR) is 79.6 cm³/mol. The first-order chi connectivity index (χ1) is 10.8. The summed E-state index contributed by atoms with van der Waals surface area (Å²) < 4.78 is 0. The number of rotatable bonds is 4. The summed E-state index contributed by atoms with van der Waals surface area (Å²) in [7, 11) is 0. The number of H-pyrrole nitrogens is 1. The minimum absolute atomic E-state index is 0.00423. The van der Waals surface area contributed by atoms with Gasteiger partial charge in [0.1, 0.15) is 12.2 Å². The quantitative estimate of drug-likeness (QED) is 0.929. The Balaban J connectivity index is 1.77. The number of aromatic amines is 1. The number of nitrogens with zero attached hydrogens (tertiary/aromatic N) is 4. The molecule has 112 valence electrons. The summed E-state index contributed by atoms with van der Waals surface area (Å²) in [5, 5.41) is 16.0. The largest absolute Gasteiger partial charge is 0.338 e. The van der Waals surface area contributed by atoms with Crippen LogP contribution in [0, 0.1) is 11.3 Å². The molecule has 1 fully saturated rings. The molecule has 1 amide bonds. The van der Waals surface area contributed by atoms with Crippen LogP contribution in [0.1, 0.15) is 30.1 Å². The predicted octanol–water partition coefficient (Wildman–Crippen LogP) is 1.65. The lowest BCUT2D eigenvalue weighted by atomic mass is 9.91. The van der Waals surface area contributed by atoms with E-state index in [1.54, 1.807) is 0 Å². The van der Waals surface area contributed by atoms with Crippen molar-refractivity contribution >= 4 is 5.91 Å². The second-order valence-corrected chi connectivity index (χ2v) is 5.42. The van der Waals surface area contributed by atoms with Crippen LogP contribution in [0.15, 0.2) is 36.7 Å². The monoisotopic (exact) mass is 295 g/mol. The molecule has 1 aromatic heterocycles. The molecule has 1 N–H and O–H groups in total. The molecule has 0 bridgehead atoms. The van der Waals surface area contributed by atoms with Crippen LogP contribution in [0.25, 0.3) is 0 Å². The number of carbonyl (C=O) groups excluding carboxylic acids is 1. The van der Waals surface area contributed by atoms with Gasteiger partial charge in [-0.3, -0.25) is 9.89 Å². The maximum Gasteiger partial charge on any atom is 0.230 e. The van der Waals surface area contributed by atoms with Crippen LogP contribution in [0.5, 0.6) is 0 Å². The van der Waals surface area contributed by atoms with Gasteiger partial charge in [0, 0.05) is 6.54 Å². The first-order valence-corrected chi connectivity index (χ1v) is 7.38. The Hall–Kier alpha value is -2.68. The molecule has 6 heteroatoms. The van der Waals surface area contributed by atoms with Gasteiger partial charge >= 0.3 is 0 Å². The first kappa shape index (κ1) is 14.3. The maximum absolute atomic E-state index is 12.5. The fraction of sp³-hybridized carbons (Fsp3) is 0.375. The van der Waals surface area contributed by atoms with E-state index in [9.17, 15) is 10.1 Å². The number of amides is 1. The van der Waals surface area contributed by atoms with Crippen molar-refractivity contribution in [3.05, 3.63) is 48.0 Å². The number of nitriles is 1. The number of hydrogen-bond donors (Lipinski definition) is 1. The molecule has 2 aromatic rings. The smallest absolute Gasteiger partial charge is 0.230 e. The van der Waals surface area contributed by atoms with Crippen LogP contribution >= 0.6 is 0 Å². The van der Waals surface area contributed by atoms with Gasteiger partial charge in [-0.2, -0.15) is 10.4 Å². The fourth-order valence-electron chi connectivity index (χ4n) is 3.05. The summed E-state index contributed by atoms with van der Waals surface area (Å²) >= 11 is 0. The third kappa shape index (κ3) is 2.84. The number of hydrogen-bond acceptors (Lipinski definition) is 4. The zero-order valence-corrected chi connectivity index (χ0v) is 12.1. The lowest BCUT2D eigenvalue weighted by Crippen LogP contribution is -2.40. The molecule has 1 aliphatic heterocycles. The zero-order valence-electron chi connectivity index (χ0n) is 12.1.